The minimum Gasteiger partial charge on any atom is -0.381 e. The van der Waals surface area contributed by atoms with E-state index < -0.39 is 0 Å². The number of rotatable bonds is 8. The number of nitrogens with one attached hydrogen (secondary N) is 1. The average Bonchev–Trinajstić information content (AvgIpc) is 3.13. The van der Waals surface area contributed by atoms with Gasteiger partial charge in [-0.1, -0.05) is 20.3 Å². The van der Waals surface area contributed by atoms with Gasteiger partial charge in [-0.3, -0.25) is 10.1 Å². The van der Waals surface area contributed by atoms with Crippen LogP contribution in [0.3, 0.4) is 0 Å². The fourth-order valence-electron chi connectivity index (χ4n) is 2.33. The molecule has 1 N–H and O–H groups in total. The van der Waals surface area contributed by atoms with Crippen molar-refractivity contribution in [1.29, 1.82) is 0 Å². The Kier molecular flexibility index (Phi) is 5.01. The summed E-state index contributed by atoms with van der Waals surface area (Å²) in [6, 6.07) is 0.0300. The summed E-state index contributed by atoms with van der Waals surface area (Å²) < 4.78 is 5.59. The Bertz CT molecular complexity index is 279. The number of ether oxygens (including phenoxy) is 1. The van der Waals surface area contributed by atoms with Crippen LogP contribution in [0.4, 0.5) is 0 Å². The molecule has 0 radical (unpaired) electrons. The van der Waals surface area contributed by atoms with Crippen LogP contribution >= 0.6 is 0 Å². The van der Waals surface area contributed by atoms with Crippen molar-refractivity contribution in [2.75, 3.05) is 26.4 Å². The molecule has 1 saturated heterocycles. The first-order valence-electron chi connectivity index (χ1n) is 7.32. The highest BCUT2D eigenvalue weighted by Gasteiger charge is 2.33. The van der Waals surface area contributed by atoms with E-state index in [1.165, 1.54) is 12.8 Å². The largest absolute Gasteiger partial charge is 0.381 e. The minimum atomic E-state index is 0.0300. The van der Waals surface area contributed by atoms with E-state index in [4.69, 9.17) is 4.74 Å². The zero-order valence-electron chi connectivity index (χ0n) is 11.7. The smallest absolute Gasteiger partial charge is 0.241 e. The molecule has 0 aromatic rings. The molecule has 2 atom stereocenters. The second-order valence-corrected chi connectivity index (χ2v) is 5.70. The van der Waals surface area contributed by atoms with E-state index in [0.29, 0.717) is 12.6 Å². The lowest BCUT2D eigenvalue weighted by Crippen LogP contribution is -2.36. The van der Waals surface area contributed by atoms with Gasteiger partial charge in [-0.2, -0.15) is 0 Å². The molecule has 0 bridgehead atoms. The first-order valence-corrected chi connectivity index (χ1v) is 7.32. The predicted molar refractivity (Wildman–Crippen MR) is 71.1 cm³/mol. The average molecular weight is 254 g/mol. The normalized spacial score (nSPS) is 25.8. The number of carbonyl (C=O) groups is 1. The quantitative estimate of drug-likeness (QED) is 0.669. The lowest BCUT2D eigenvalue weighted by atomic mass is 9.99. The molecule has 4 nitrogen and oxygen atoms in total. The molecular formula is C14H26N2O2. The molecular weight excluding hydrogens is 228 g/mol. The maximum Gasteiger partial charge on any atom is 0.241 e. The van der Waals surface area contributed by atoms with Gasteiger partial charge in [-0.15, -0.1) is 0 Å². The van der Waals surface area contributed by atoms with Crippen molar-refractivity contribution >= 4 is 5.91 Å². The second-order valence-electron chi connectivity index (χ2n) is 5.70. The Morgan fingerprint density at radius 3 is 2.94 bits per heavy atom. The van der Waals surface area contributed by atoms with Gasteiger partial charge < -0.3 is 9.64 Å². The zero-order chi connectivity index (χ0) is 13.0. The number of hydrogen-bond acceptors (Lipinski definition) is 3. The highest BCUT2D eigenvalue weighted by Crippen LogP contribution is 2.28. The van der Waals surface area contributed by atoms with Crippen molar-refractivity contribution in [3.05, 3.63) is 0 Å². The molecule has 4 heteroatoms. The van der Waals surface area contributed by atoms with E-state index in [1.807, 2.05) is 4.90 Å². The minimum absolute atomic E-state index is 0.0300. The summed E-state index contributed by atoms with van der Waals surface area (Å²) in [5.74, 6) is 1.52. The first-order chi connectivity index (χ1) is 8.72. The van der Waals surface area contributed by atoms with Crippen LogP contribution in [0.25, 0.3) is 0 Å². The topological polar surface area (TPSA) is 41.6 Å². The second kappa shape index (κ2) is 6.53. The van der Waals surface area contributed by atoms with Gasteiger partial charge in [0.15, 0.2) is 0 Å². The molecule has 2 unspecified atom stereocenters. The van der Waals surface area contributed by atoms with Crippen LogP contribution < -0.4 is 5.32 Å². The third-order valence-electron chi connectivity index (χ3n) is 4.06. The summed E-state index contributed by atoms with van der Waals surface area (Å²) in [6.07, 6.45) is 4.67. The van der Waals surface area contributed by atoms with Crippen molar-refractivity contribution in [1.82, 2.24) is 10.2 Å². The lowest BCUT2D eigenvalue weighted by Gasteiger charge is -2.17. The molecule has 0 aromatic carbocycles. The maximum absolute atomic E-state index is 12.1. The standard InChI is InChI=1S/C14H26N2O2/c1-3-11(2)13-14(17)16(10-15-13)7-4-8-18-9-12-5-6-12/h11-13,15H,3-10H2,1-2H3. The molecule has 1 aliphatic heterocycles. The summed E-state index contributed by atoms with van der Waals surface area (Å²) in [5.41, 5.74) is 0. The van der Waals surface area contributed by atoms with Crippen LogP contribution in [0.5, 0.6) is 0 Å². The maximum atomic E-state index is 12.1. The molecule has 0 spiro atoms. The summed E-state index contributed by atoms with van der Waals surface area (Å²) in [4.78, 5) is 14.0. The molecule has 1 heterocycles. The zero-order valence-corrected chi connectivity index (χ0v) is 11.7. The fourth-order valence-corrected chi connectivity index (χ4v) is 2.33. The summed E-state index contributed by atoms with van der Waals surface area (Å²) in [7, 11) is 0. The van der Waals surface area contributed by atoms with Gasteiger partial charge in [0.2, 0.25) is 5.91 Å². The molecule has 2 aliphatic rings. The van der Waals surface area contributed by atoms with Gasteiger partial charge in [-0.25, -0.2) is 0 Å². The van der Waals surface area contributed by atoms with E-state index in [1.54, 1.807) is 0 Å². The summed E-state index contributed by atoms with van der Waals surface area (Å²) in [5, 5.41) is 3.31. The van der Waals surface area contributed by atoms with Gasteiger partial charge in [0.1, 0.15) is 0 Å². The van der Waals surface area contributed by atoms with Crippen LogP contribution in [0.2, 0.25) is 0 Å². The van der Waals surface area contributed by atoms with Crippen molar-refractivity contribution < 1.29 is 9.53 Å². The Balaban J connectivity index is 1.59. The van der Waals surface area contributed by atoms with Crippen LogP contribution in [-0.4, -0.2) is 43.3 Å². The Morgan fingerprint density at radius 1 is 1.50 bits per heavy atom. The summed E-state index contributed by atoms with van der Waals surface area (Å²) in [6.45, 7) is 7.50. The van der Waals surface area contributed by atoms with E-state index in [2.05, 4.69) is 19.2 Å². The van der Waals surface area contributed by atoms with E-state index >= 15 is 0 Å². The third-order valence-corrected chi connectivity index (χ3v) is 4.06. The van der Waals surface area contributed by atoms with E-state index in [0.717, 1.165) is 38.5 Å². The third kappa shape index (κ3) is 3.69. The lowest BCUT2D eigenvalue weighted by molar-refractivity contribution is -0.130. The molecule has 1 amide bonds. The predicted octanol–water partition coefficient (Wildman–Crippen LogP) is 1.61. The molecule has 18 heavy (non-hydrogen) atoms. The Morgan fingerprint density at radius 2 is 2.28 bits per heavy atom. The van der Waals surface area contributed by atoms with Crippen molar-refractivity contribution in [3.8, 4) is 0 Å². The molecule has 104 valence electrons. The van der Waals surface area contributed by atoms with Crippen molar-refractivity contribution in [2.24, 2.45) is 11.8 Å². The number of amides is 1. The van der Waals surface area contributed by atoms with Crippen molar-refractivity contribution in [3.63, 3.8) is 0 Å². The summed E-state index contributed by atoms with van der Waals surface area (Å²) >= 11 is 0. The first kappa shape index (κ1) is 13.8. The van der Waals surface area contributed by atoms with Gasteiger partial charge >= 0.3 is 0 Å². The fraction of sp³-hybridized carbons (Fsp3) is 0.929. The van der Waals surface area contributed by atoms with Crippen LogP contribution in [0, 0.1) is 11.8 Å². The van der Waals surface area contributed by atoms with E-state index in [9.17, 15) is 4.79 Å². The van der Waals surface area contributed by atoms with Crippen LogP contribution in [0.1, 0.15) is 39.5 Å². The van der Waals surface area contributed by atoms with Gasteiger partial charge in [0.25, 0.3) is 0 Å². The van der Waals surface area contributed by atoms with E-state index in [-0.39, 0.29) is 11.9 Å². The van der Waals surface area contributed by atoms with Crippen LogP contribution in [0.15, 0.2) is 0 Å². The van der Waals surface area contributed by atoms with Gasteiger partial charge in [0, 0.05) is 19.8 Å². The molecule has 1 saturated carbocycles. The molecule has 1 aliphatic carbocycles. The number of hydrogen-bond donors (Lipinski definition) is 1. The molecule has 2 rings (SSSR count). The van der Waals surface area contributed by atoms with Gasteiger partial charge in [-0.05, 0) is 31.1 Å². The SMILES string of the molecule is CCC(C)C1NCN(CCCOCC2CC2)C1=O. The highest BCUT2D eigenvalue weighted by molar-refractivity contribution is 5.84. The van der Waals surface area contributed by atoms with Gasteiger partial charge in [0.05, 0.1) is 12.7 Å². The molecule has 0 aromatic heterocycles. The van der Waals surface area contributed by atoms with Crippen molar-refractivity contribution in [2.45, 2.75) is 45.6 Å². The number of nitrogens with zero attached hydrogens (tertiary/aromatic N) is 1. The monoisotopic (exact) mass is 254 g/mol. The number of carbonyl (C=O) groups excluding carboxylic acids is 1. The Hall–Kier alpha value is -0.610. The molecule has 2 fully saturated rings. The Labute approximate surface area is 110 Å². The van der Waals surface area contributed by atoms with Crippen LogP contribution in [-0.2, 0) is 9.53 Å². The highest BCUT2D eigenvalue weighted by atomic mass is 16.5.